The van der Waals surface area contributed by atoms with E-state index >= 15 is 0 Å². The summed E-state index contributed by atoms with van der Waals surface area (Å²) in [7, 11) is -3.65. The number of halogens is 2. The molecule has 1 saturated heterocycles. The minimum Gasteiger partial charge on any atom is -0.321 e. The van der Waals surface area contributed by atoms with Gasteiger partial charge in [0.25, 0.3) is 5.91 Å². The molecule has 1 amide bonds. The molecule has 0 saturated carbocycles. The number of nitriles is 1. The van der Waals surface area contributed by atoms with Gasteiger partial charge >= 0.3 is 0 Å². The highest BCUT2D eigenvalue weighted by Gasteiger charge is 2.26. The van der Waals surface area contributed by atoms with E-state index in [-0.39, 0.29) is 10.5 Å². The van der Waals surface area contributed by atoms with Gasteiger partial charge in [0, 0.05) is 45.9 Å². The lowest BCUT2D eigenvalue weighted by molar-refractivity contribution is -0.112. The Bertz CT molecular complexity index is 1510. The maximum atomic E-state index is 13.0. The second-order valence-electron chi connectivity index (χ2n) is 8.91. The molecule has 10 heteroatoms. The third-order valence-corrected chi connectivity index (χ3v) is 8.62. The van der Waals surface area contributed by atoms with Crippen molar-refractivity contribution in [1.29, 1.82) is 5.26 Å². The predicted molar refractivity (Wildman–Crippen MR) is 147 cm³/mol. The van der Waals surface area contributed by atoms with Crippen LogP contribution in [0.1, 0.15) is 36.2 Å². The highest BCUT2D eigenvalue weighted by Crippen LogP contribution is 2.28. The summed E-state index contributed by atoms with van der Waals surface area (Å²) in [4.78, 5) is 13.1. The van der Waals surface area contributed by atoms with Crippen molar-refractivity contribution in [3.63, 3.8) is 0 Å². The molecule has 37 heavy (non-hydrogen) atoms. The third-order valence-electron chi connectivity index (χ3n) is 6.29. The van der Waals surface area contributed by atoms with Crippen molar-refractivity contribution in [2.75, 3.05) is 18.4 Å². The van der Waals surface area contributed by atoms with Crippen LogP contribution in [-0.4, -0.2) is 36.3 Å². The van der Waals surface area contributed by atoms with Gasteiger partial charge in [0.2, 0.25) is 10.0 Å². The number of amides is 1. The van der Waals surface area contributed by atoms with Crippen LogP contribution in [0, 0.1) is 25.2 Å². The summed E-state index contributed by atoms with van der Waals surface area (Å²) < 4.78 is 29.4. The number of nitrogens with one attached hydrogen (secondary N) is 1. The molecule has 192 valence electrons. The molecular weight excluding hydrogens is 531 g/mol. The fraction of sp³-hybridized carbons (Fsp3) is 0.259. The van der Waals surface area contributed by atoms with E-state index in [0.29, 0.717) is 34.4 Å². The molecule has 2 aromatic carbocycles. The lowest BCUT2D eigenvalue weighted by atomic mass is 10.1. The number of carbonyl (C=O) groups excluding carboxylic acids is 1. The zero-order valence-corrected chi connectivity index (χ0v) is 22.8. The molecule has 0 radical (unpaired) electrons. The van der Waals surface area contributed by atoms with Gasteiger partial charge in [0.05, 0.1) is 4.90 Å². The SMILES string of the molecule is Cc1cc(/C=C(/C#N)C(=O)Nc2cccc(S(=O)(=O)N3CCCCC3)c2)c(C)n1-c1cc(Cl)cc(Cl)c1. The van der Waals surface area contributed by atoms with Gasteiger partial charge in [-0.25, -0.2) is 8.42 Å². The summed E-state index contributed by atoms with van der Waals surface area (Å²) in [5.41, 5.74) is 3.29. The minimum absolute atomic E-state index is 0.110. The van der Waals surface area contributed by atoms with E-state index in [1.54, 1.807) is 30.3 Å². The van der Waals surface area contributed by atoms with Crippen LogP contribution in [0.15, 0.2) is 59.0 Å². The molecule has 1 N–H and O–H groups in total. The Labute approximate surface area is 227 Å². The van der Waals surface area contributed by atoms with E-state index in [0.717, 1.165) is 36.3 Å². The number of carbonyl (C=O) groups is 1. The van der Waals surface area contributed by atoms with Crippen LogP contribution in [0.5, 0.6) is 0 Å². The van der Waals surface area contributed by atoms with E-state index in [1.165, 1.54) is 22.5 Å². The zero-order chi connectivity index (χ0) is 26.7. The van der Waals surface area contributed by atoms with E-state index in [9.17, 15) is 18.5 Å². The second kappa shape index (κ2) is 11.1. The first-order chi connectivity index (χ1) is 17.6. The first-order valence-corrected chi connectivity index (χ1v) is 14.0. The number of aryl methyl sites for hydroxylation is 1. The highest BCUT2D eigenvalue weighted by molar-refractivity contribution is 7.89. The van der Waals surface area contributed by atoms with Crippen molar-refractivity contribution >= 4 is 50.9 Å². The van der Waals surface area contributed by atoms with E-state index in [1.807, 2.05) is 30.6 Å². The topological polar surface area (TPSA) is 95.2 Å². The van der Waals surface area contributed by atoms with Crippen LogP contribution < -0.4 is 5.32 Å². The maximum Gasteiger partial charge on any atom is 0.266 e. The van der Waals surface area contributed by atoms with Gasteiger partial charge < -0.3 is 9.88 Å². The number of rotatable bonds is 6. The summed E-state index contributed by atoms with van der Waals surface area (Å²) in [6, 6.07) is 15.1. The molecule has 1 aliphatic rings. The number of hydrogen-bond acceptors (Lipinski definition) is 4. The van der Waals surface area contributed by atoms with E-state index in [2.05, 4.69) is 5.32 Å². The molecule has 0 aliphatic carbocycles. The Kier molecular flexibility index (Phi) is 8.10. The van der Waals surface area contributed by atoms with Crippen molar-refractivity contribution < 1.29 is 13.2 Å². The lowest BCUT2D eigenvalue weighted by Crippen LogP contribution is -2.35. The summed E-state index contributed by atoms with van der Waals surface area (Å²) in [6.45, 7) is 4.75. The number of anilines is 1. The predicted octanol–water partition coefficient (Wildman–Crippen LogP) is 6.12. The summed E-state index contributed by atoms with van der Waals surface area (Å²) in [6.07, 6.45) is 4.18. The van der Waals surface area contributed by atoms with Crippen molar-refractivity contribution in [2.45, 2.75) is 38.0 Å². The molecule has 4 rings (SSSR count). The average molecular weight is 558 g/mol. The zero-order valence-electron chi connectivity index (χ0n) is 20.5. The molecule has 0 atom stereocenters. The number of sulfonamides is 1. The molecule has 2 heterocycles. The first kappa shape index (κ1) is 27.0. The quantitative estimate of drug-likeness (QED) is 0.292. The van der Waals surface area contributed by atoms with Gasteiger partial charge in [-0.15, -0.1) is 0 Å². The van der Waals surface area contributed by atoms with Crippen LogP contribution in [0.2, 0.25) is 10.0 Å². The standard InChI is InChI=1S/C27H26Cl2N4O3S/c1-18-11-20(19(2)33(18)25-14-22(28)13-23(29)15-25)12-21(17-30)27(34)31-24-7-6-8-26(16-24)37(35,36)32-9-4-3-5-10-32/h6-8,11-16H,3-5,9-10H2,1-2H3,(H,31,34)/b21-12-. The minimum atomic E-state index is -3.65. The Morgan fingerprint density at radius 2 is 1.70 bits per heavy atom. The maximum absolute atomic E-state index is 13.0. The normalized spacial score (nSPS) is 14.8. The van der Waals surface area contributed by atoms with Gasteiger partial charge in [-0.2, -0.15) is 9.57 Å². The second-order valence-corrected chi connectivity index (χ2v) is 11.7. The first-order valence-electron chi connectivity index (χ1n) is 11.8. The fourth-order valence-electron chi connectivity index (χ4n) is 4.49. The molecule has 0 unspecified atom stereocenters. The summed E-state index contributed by atoms with van der Waals surface area (Å²) in [5, 5.41) is 13.4. The number of nitrogens with zero attached hydrogens (tertiary/aromatic N) is 3. The summed E-state index contributed by atoms with van der Waals surface area (Å²) >= 11 is 12.3. The Morgan fingerprint density at radius 1 is 1.03 bits per heavy atom. The third kappa shape index (κ3) is 5.91. The average Bonchev–Trinajstić information content (AvgIpc) is 3.14. The van der Waals surface area contributed by atoms with Crippen LogP contribution in [-0.2, 0) is 14.8 Å². The number of benzene rings is 2. The summed E-state index contributed by atoms with van der Waals surface area (Å²) in [5.74, 6) is -0.634. The van der Waals surface area contributed by atoms with Crippen LogP contribution in [0.4, 0.5) is 5.69 Å². The Balaban J connectivity index is 1.59. The Hall–Kier alpha value is -3.09. The molecular formula is C27H26Cl2N4O3S. The van der Waals surface area contributed by atoms with Crippen molar-refractivity contribution in [2.24, 2.45) is 0 Å². The molecule has 1 fully saturated rings. The number of aromatic nitrogens is 1. The lowest BCUT2D eigenvalue weighted by Gasteiger charge is -2.26. The largest absolute Gasteiger partial charge is 0.321 e. The number of piperidine rings is 1. The monoisotopic (exact) mass is 556 g/mol. The van der Waals surface area contributed by atoms with E-state index < -0.39 is 15.9 Å². The molecule has 0 spiro atoms. The van der Waals surface area contributed by atoms with Crippen molar-refractivity contribution in [3.05, 3.63) is 81.1 Å². The molecule has 0 bridgehead atoms. The van der Waals surface area contributed by atoms with Crippen LogP contribution >= 0.6 is 23.2 Å². The smallest absolute Gasteiger partial charge is 0.266 e. The highest BCUT2D eigenvalue weighted by atomic mass is 35.5. The van der Waals surface area contributed by atoms with Crippen LogP contribution in [0.3, 0.4) is 0 Å². The molecule has 1 aliphatic heterocycles. The van der Waals surface area contributed by atoms with Crippen LogP contribution in [0.25, 0.3) is 11.8 Å². The molecule has 1 aromatic heterocycles. The van der Waals surface area contributed by atoms with Gasteiger partial charge in [-0.05, 0) is 80.8 Å². The van der Waals surface area contributed by atoms with E-state index in [4.69, 9.17) is 23.2 Å². The Morgan fingerprint density at radius 3 is 2.35 bits per heavy atom. The van der Waals surface area contributed by atoms with Crippen molar-refractivity contribution in [3.8, 4) is 11.8 Å². The van der Waals surface area contributed by atoms with Gasteiger partial charge in [0.1, 0.15) is 11.6 Å². The van der Waals surface area contributed by atoms with Crippen molar-refractivity contribution in [1.82, 2.24) is 8.87 Å². The fourth-order valence-corrected chi connectivity index (χ4v) is 6.57. The van der Waals surface area contributed by atoms with Gasteiger partial charge in [0.15, 0.2) is 0 Å². The number of hydrogen-bond donors (Lipinski definition) is 1. The van der Waals surface area contributed by atoms with Gasteiger partial charge in [-0.3, -0.25) is 4.79 Å². The molecule has 7 nitrogen and oxygen atoms in total. The van der Waals surface area contributed by atoms with Gasteiger partial charge in [-0.1, -0.05) is 35.7 Å². The molecule has 3 aromatic rings.